The van der Waals surface area contributed by atoms with Gasteiger partial charge in [0, 0.05) is 27.9 Å². The van der Waals surface area contributed by atoms with E-state index in [-0.39, 0.29) is 10.8 Å². The van der Waals surface area contributed by atoms with E-state index in [9.17, 15) is 0 Å². The summed E-state index contributed by atoms with van der Waals surface area (Å²) < 4.78 is 0. The molecule has 0 unspecified atom stereocenters. The molecular weight excluding hydrogens is 675 g/mol. The van der Waals surface area contributed by atoms with Crippen LogP contribution < -0.4 is 4.90 Å². The van der Waals surface area contributed by atoms with E-state index in [1.165, 1.54) is 93.4 Å². The van der Waals surface area contributed by atoms with Crippen molar-refractivity contribution >= 4 is 17.1 Å². The minimum Gasteiger partial charge on any atom is -0.310 e. The van der Waals surface area contributed by atoms with Crippen molar-refractivity contribution < 1.29 is 0 Å². The van der Waals surface area contributed by atoms with Gasteiger partial charge in [0.25, 0.3) is 0 Å². The van der Waals surface area contributed by atoms with Crippen LogP contribution in [0.5, 0.6) is 0 Å². The van der Waals surface area contributed by atoms with E-state index >= 15 is 0 Å². The minimum atomic E-state index is -0.0786. The summed E-state index contributed by atoms with van der Waals surface area (Å²) in [7, 11) is 0. The van der Waals surface area contributed by atoms with Crippen LogP contribution >= 0.6 is 0 Å². The van der Waals surface area contributed by atoms with Gasteiger partial charge >= 0.3 is 0 Å². The van der Waals surface area contributed by atoms with Crippen LogP contribution in [-0.2, 0) is 10.8 Å². The molecule has 4 fully saturated rings. The Labute approximate surface area is 331 Å². The highest BCUT2D eigenvalue weighted by molar-refractivity contribution is 5.88. The maximum absolute atomic E-state index is 2.55. The van der Waals surface area contributed by atoms with Crippen LogP contribution in [0.1, 0.15) is 68.2 Å². The zero-order chi connectivity index (χ0) is 37.2. The fourth-order valence-corrected chi connectivity index (χ4v) is 12.9. The van der Waals surface area contributed by atoms with E-state index in [0.29, 0.717) is 0 Å². The lowest BCUT2D eigenvalue weighted by Gasteiger charge is -2.61. The number of hydrogen-bond acceptors (Lipinski definition) is 1. The molecule has 0 heterocycles. The molecule has 4 saturated carbocycles. The fraction of sp³-hybridized carbons (Fsp3) is 0.236. The molecule has 0 atom stereocenters. The van der Waals surface area contributed by atoms with Crippen LogP contribution in [0, 0.1) is 23.7 Å². The van der Waals surface area contributed by atoms with E-state index in [2.05, 4.69) is 183 Å². The maximum Gasteiger partial charge on any atom is 0.0467 e. The highest BCUT2D eigenvalue weighted by Gasteiger charge is 2.61. The van der Waals surface area contributed by atoms with E-state index < -0.39 is 0 Å². The monoisotopic (exact) mass is 721 g/mol. The average molecular weight is 722 g/mol. The van der Waals surface area contributed by atoms with Gasteiger partial charge in [0.2, 0.25) is 0 Å². The van der Waals surface area contributed by atoms with Gasteiger partial charge in [0.15, 0.2) is 0 Å². The molecule has 272 valence electrons. The first-order valence-electron chi connectivity index (χ1n) is 21.0. The Morgan fingerprint density at radius 3 is 1.66 bits per heavy atom. The number of nitrogens with zero attached hydrogens (tertiary/aromatic N) is 1. The Balaban J connectivity index is 0.955. The van der Waals surface area contributed by atoms with Crippen LogP contribution in [-0.4, -0.2) is 0 Å². The van der Waals surface area contributed by atoms with Gasteiger partial charge in [-0.1, -0.05) is 135 Å². The number of anilines is 3. The van der Waals surface area contributed by atoms with Crippen LogP contribution in [0.15, 0.2) is 164 Å². The second kappa shape index (κ2) is 11.9. The summed E-state index contributed by atoms with van der Waals surface area (Å²) in [5.74, 6) is 3.49. The van der Waals surface area contributed by atoms with Crippen LogP contribution in [0.25, 0.3) is 44.5 Å². The molecule has 0 amide bonds. The van der Waals surface area contributed by atoms with Crippen molar-refractivity contribution in [3.8, 4) is 44.5 Å². The van der Waals surface area contributed by atoms with Gasteiger partial charge in [-0.25, -0.2) is 0 Å². The topological polar surface area (TPSA) is 3.24 Å². The molecule has 0 N–H and O–H groups in total. The number of rotatable bonds is 5. The highest BCUT2D eigenvalue weighted by atomic mass is 15.1. The summed E-state index contributed by atoms with van der Waals surface area (Å²) in [5.41, 5.74) is 20.3. The van der Waals surface area contributed by atoms with E-state index in [1.807, 2.05) is 0 Å². The third-order valence-electron chi connectivity index (χ3n) is 15.0. The summed E-state index contributed by atoms with van der Waals surface area (Å²) in [6.07, 6.45) is 7.17. The van der Waals surface area contributed by atoms with Crippen molar-refractivity contribution in [3.05, 3.63) is 186 Å². The van der Waals surface area contributed by atoms with Gasteiger partial charge in [0.05, 0.1) is 0 Å². The molecule has 0 aromatic heterocycles. The molecule has 0 radical (unpaired) electrons. The van der Waals surface area contributed by atoms with Crippen molar-refractivity contribution in [2.24, 2.45) is 23.7 Å². The molecule has 1 nitrogen and oxygen atoms in total. The average Bonchev–Trinajstić information content (AvgIpc) is 3.66. The van der Waals surface area contributed by atoms with Crippen LogP contribution in [0.4, 0.5) is 17.1 Å². The molecule has 6 aliphatic carbocycles. The van der Waals surface area contributed by atoms with Crippen molar-refractivity contribution in [3.63, 3.8) is 0 Å². The standard InChI is InChI=1S/C55H47N/c1-54(2)50-17-8-6-15-46(50)48-25-24-45(34-53(48)54)56(44-14-10-13-39(32-44)37-11-4-3-5-12-37)43-22-19-38(20-23-43)40-21-26-52-49(33-40)47-16-7-9-18-51(47)55(52)41-28-35-27-36(30-41)31-42(55)29-35/h3-26,32-36,41-42H,27-31H2,1-2H3. The Hall–Kier alpha value is -5.66. The predicted molar refractivity (Wildman–Crippen MR) is 233 cm³/mol. The Bertz CT molecular complexity index is 2650. The van der Waals surface area contributed by atoms with Gasteiger partial charge in [-0.2, -0.15) is 0 Å². The second-order valence-corrected chi connectivity index (χ2v) is 18.2. The first-order valence-corrected chi connectivity index (χ1v) is 21.0. The van der Waals surface area contributed by atoms with Gasteiger partial charge in [-0.3, -0.25) is 0 Å². The van der Waals surface area contributed by atoms with E-state index in [4.69, 9.17) is 0 Å². The summed E-state index contributed by atoms with van der Waals surface area (Å²) in [5, 5.41) is 0. The van der Waals surface area contributed by atoms with Gasteiger partial charge in [-0.05, 0) is 165 Å². The summed E-state index contributed by atoms with van der Waals surface area (Å²) in [6.45, 7) is 4.74. The first kappa shape index (κ1) is 32.6. The van der Waals surface area contributed by atoms with Gasteiger partial charge < -0.3 is 4.90 Å². The van der Waals surface area contributed by atoms with Crippen molar-refractivity contribution in [2.75, 3.05) is 4.90 Å². The normalized spacial score (nSPS) is 24.1. The molecule has 56 heavy (non-hydrogen) atoms. The number of fused-ring (bicyclic) bond motifs is 6. The Morgan fingerprint density at radius 1 is 0.375 bits per heavy atom. The first-order chi connectivity index (χ1) is 27.5. The SMILES string of the molecule is CC1(C)c2ccccc2-c2ccc(N(c3ccc(-c4ccc5c(c4)-c4ccccc4C54C5CC6CC(C5)CC4C6)cc3)c3cccc(-c4ccccc4)c3)cc21. The molecule has 13 rings (SSSR count). The molecule has 4 bridgehead atoms. The quantitative estimate of drug-likeness (QED) is 0.171. The number of hydrogen-bond donors (Lipinski definition) is 0. The third kappa shape index (κ3) is 4.55. The van der Waals surface area contributed by atoms with Gasteiger partial charge in [0.1, 0.15) is 0 Å². The molecule has 6 aliphatic rings. The molecule has 1 heteroatoms. The molecule has 7 aromatic rings. The number of benzene rings is 7. The molecule has 0 saturated heterocycles. The van der Waals surface area contributed by atoms with E-state index in [0.717, 1.165) is 35.0 Å². The second-order valence-electron chi connectivity index (χ2n) is 18.2. The van der Waals surface area contributed by atoms with Crippen molar-refractivity contribution in [1.82, 2.24) is 0 Å². The molecule has 7 aromatic carbocycles. The summed E-state index contributed by atoms with van der Waals surface area (Å²) in [4.78, 5) is 2.45. The zero-order valence-electron chi connectivity index (χ0n) is 32.4. The predicted octanol–water partition coefficient (Wildman–Crippen LogP) is 14.5. The maximum atomic E-state index is 2.55. The lowest BCUT2D eigenvalue weighted by atomic mass is 9.43. The van der Waals surface area contributed by atoms with Crippen molar-refractivity contribution in [1.29, 1.82) is 0 Å². The third-order valence-corrected chi connectivity index (χ3v) is 15.0. The van der Waals surface area contributed by atoms with E-state index in [1.54, 1.807) is 11.1 Å². The molecule has 0 aliphatic heterocycles. The van der Waals surface area contributed by atoms with Crippen LogP contribution in [0.2, 0.25) is 0 Å². The van der Waals surface area contributed by atoms with Gasteiger partial charge in [-0.15, -0.1) is 0 Å². The summed E-state index contributed by atoms with van der Waals surface area (Å²) >= 11 is 0. The fourth-order valence-electron chi connectivity index (χ4n) is 12.9. The lowest BCUT2D eigenvalue weighted by Crippen LogP contribution is -2.55. The van der Waals surface area contributed by atoms with Crippen molar-refractivity contribution in [2.45, 2.75) is 56.8 Å². The Kier molecular flexibility index (Phi) is 6.93. The molecule has 1 spiro atoms. The minimum absolute atomic E-state index is 0.0786. The zero-order valence-corrected chi connectivity index (χ0v) is 32.4. The lowest BCUT2D eigenvalue weighted by molar-refractivity contribution is -0.0399. The molecular formula is C55H47N. The van der Waals surface area contributed by atoms with Crippen LogP contribution in [0.3, 0.4) is 0 Å². The smallest absolute Gasteiger partial charge is 0.0467 e. The largest absolute Gasteiger partial charge is 0.310 e. The summed E-state index contributed by atoms with van der Waals surface area (Å²) in [6, 6.07) is 62.1. The highest BCUT2D eigenvalue weighted by Crippen LogP contribution is 2.69. The Morgan fingerprint density at radius 2 is 0.911 bits per heavy atom.